The predicted octanol–water partition coefficient (Wildman–Crippen LogP) is 4.36. The second-order valence-corrected chi connectivity index (χ2v) is 7.41. The maximum atomic E-state index is 11.9. The average molecular weight is 431 g/mol. The van der Waals surface area contributed by atoms with E-state index < -0.39 is 5.54 Å². The summed E-state index contributed by atoms with van der Waals surface area (Å²) in [6, 6.07) is 5.26. The van der Waals surface area contributed by atoms with Crippen LogP contribution in [0.5, 0.6) is 0 Å². The van der Waals surface area contributed by atoms with Gasteiger partial charge in [-0.25, -0.2) is 4.98 Å². The van der Waals surface area contributed by atoms with Gasteiger partial charge in [0.1, 0.15) is 5.01 Å². The molecule has 2 rings (SSSR count). The summed E-state index contributed by atoms with van der Waals surface area (Å²) in [5.41, 5.74) is 6.92. The second-order valence-electron chi connectivity index (χ2n) is 5.71. The average Bonchev–Trinajstić information content (AvgIpc) is 2.84. The quantitative estimate of drug-likeness (QED) is 0.740. The Morgan fingerprint density at radius 1 is 1.33 bits per heavy atom. The van der Waals surface area contributed by atoms with Crippen molar-refractivity contribution in [3.05, 3.63) is 39.3 Å². The van der Waals surface area contributed by atoms with Gasteiger partial charge in [0, 0.05) is 28.0 Å². The summed E-state index contributed by atoms with van der Waals surface area (Å²) in [7, 11) is 0. The minimum Gasteiger partial charge on any atom is -0.354 e. The Morgan fingerprint density at radius 3 is 2.58 bits per heavy atom. The zero-order valence-corrected chi connectivity index (χ0v) is 17.1. The van der Waals surface area contributed by atoms with Gasteiger partial charge in [-0.1, -0.05) is 23.2 Å². The fourth-order valence-corrected chi connectivity index (χ4v) is 3.14. The number of aromatic nitrogens is 1. The highest BCUT2D eigenvalue weighted by Gasteiger charge is 2.14. The molecule has 9 heteroatoms. The van der Waals surface area contributed by atoms with Crippen LogP contribution in [0.2, 0.25) is 10.0 Å². The molecule has 134 valence electrons. The standard InChI is InChI=1S/C15H17Cl2N3OS.2ClH/c1-15(2,18)8-19-13(21)6-10-7-22-14(20-10)11-4-3-9(16)5-12(11)17;;/h3-5,7H,6,8,18H2,1-2H3,(H,19,21);2*1H. The highest BCUT2D eigenvalue weighted by molar-refractivity contribution is 7.13. The predicted molar refractivity (Wildman–Crippen MR) is 107 cm³/mol. The van der Waals surface area contributed by atoms with Gasteiger partial charge < -0.3 is 11.1 Å². The number of hydrogen-bond acceptors (Lipinski definition) is 4. The van der Waals surface area contributed by atoms with E-state index in [0.29, 0.717) is 22.3 Å². The SMILES string of the molecule is CC(C)(N)CNC(=O)Cc1csc(-c2ccc(Cl)cc2Cl)n1.Cl.Cl. The van der Waals surface area contributed by atoms with Crippen LogP contribution >= 0.6 is 59.4 Å². The van der Waals surface area contributed by atoms with Crippen LogP contribution in [-0.2, 0) is 11.2 Å². The number of halogens is 4. The third kappa shape index (κ3) is 7.13. The molecule has 0 fully saturated rings. The molecule has 0 unspecified atom stereocenters. The first-order chi connectivity index (χ1) is 10.2. The summed E-state index contributed by atoms with van der Waals surface area (Å²) in [4.78, 5) is 16.3. The molecule has 2 aromatic rings. The highest BCUT2D eigenvalue weighted by atomic mass is 35.5. The largest absolute Gasteiger partial charge is 0.354 e. The molecule has 0 radical (unpaired) electrons. The summed E-state index contributed by atoms with van der Waals surface area (Å²) in [5, 5.41) is 6.54. The van der Waals surface area contributed by atoms with Crippen LogP contribution in [0.3, 0.4) is 0 Å². The molecular weight excluding hydrogens is 412 g/mol. The van der Waals surface area contributed by atoms with E-state index in [1.54, 1.807) is 12.1 Å². The smallest absolute Gasteiger partial charge is 0.226 e. The van der Waals surface area contributed by atoms with E-state index >= 15 is 0 Å². The van der Waals surface area contributed by atoms with E-state index in [2.05, 4.69) is 10.3 Å². The first kappa shape index (κ1) is 23.4. The molecule has 0 saturated heterocycles. The number of amides is 1. The summed E-state index contributed by atoms with van der Waals surface area (Å²) in [5.74, 6) is -0.0995. The first-order valence-electron chi connectivity index (χ1n) is 6.70. The van der Waals surface area contributed by atoms with Crippen molar-refractivity contribution >= 4 is 65.3 Å². The minimum atomic E-state index is -0.431. The lowest BCUT2D eigenvalue weighted by molar-refractivity contribution is -0.120. The first-order valence-corrected chi connectivity index (χ1v) is 8.33. The lowest BCUT2D eigenvalue weighted by Crippen LogP contribution is -2.45. The Kier molecular flexibility index (Phi) is 9.57. The Labute approximate surface area is 168 Å². The summed E-state index contributed by atoms with van der Waals surface area (Å²) in [6.45, 7) is 4.14. The summed E-state index contributed by atoms with van der Waals surface area (Å²) >= 11 is 13.5. The Balaban J connectivity index is 0.00000264. The highest BCUT2D eigenvalue weighted by Crippen LogP contribution is 2.32. The molecule has 3 N–H and O–H groups in total. The third-order valence-corrected chi connectivity index (χ3v) is 4.27. The summed E-state index contributed by atoms with van der Waals surface area (Å²) in [6.07, 6.45) is 0.220. The molecule has 0 saturated carbocycles. The van der Waals surface area contributed by atoms with Crippen LogP contribution in [-0.4, -0.2) is 23.0 Å². The molecule has 0 bridgehead atoms. The van der Waals surface area contributed by atoms with Crippen LogP contribution in [0.15, 0.2) is 23.6 Å². The van der Waals surface area contributed by atoms with Gasteiger partial charge in [0.25, 0.3) is 0 Å². The molecule has 1 heterocycles. The van der Waals surface area contributed by atoms with Gasteiger partial charge >= 0.3 is 0 Å². The number of hydrogen-bond donors (Lipinski definition) is 2. The van der Waals surface area contributed by atoms with Gasteiger partial charge in [0.05, 0.1) is 17.1 Å². The van der Waals surface area contributed by atoms with E-state index in [1.165, 1.54) is 11.3 Å². The molecule has 0 spiro atoms. The van der Waals surface area contributed by atoms with Crippen LogP contribution in [0, 0.1) is 0 Å². The number of thiazole rings is 1. The van der Waals surface area contributed by atoms with E-state index in [9.17, 15) is 4.79 Å². The van der Waals surface area contributed by atoms with Gasteiger partial charge in [-0.3, -0.25) is 4.79 Å². The van der Waals surface area contributed by atoms with Crippen molar-refractivity contribution in [2.45, 2.75) is 25.8 Å². The molecule has 1 aromatic carbocycles. The monoisotopic (exact) mass is 429 g/mol. The molecule has 4 nitrogen and oxygen atoms in total. The summed E-state index contributed by atoms with van der Waals surface area (Å²) < 4.78 is 0. The van der Waals surface area contributed by atoms with E-state index in [4.69, 9.17) is 28.9 Å². The fourth-order valence-electron chi connectivity index (χ4n) is 1.73. The van der Waals surface area contributed by atoms with Gasteiger partial charge in [0.15, 0.2) is 0 Å². The van der Waals surface area contributed by atoms with Crippen LogP contribution in [0.25, 0.3) is 10.6 Å². The van der Waals surface area contributed by atoms with Crippen molar-refractivity contribution < 1.29 is 4.79 Å². The molecule has 24 heavy (non-hydrogen) atoms. The van der Waals surface area contributed by atoms with Crippen molar-refractivity contribution in [1.82, 2.24) is 10.3 Å². The van der Waals surface area contributed by atoms with E-state index in [-0.39, 0.29) is 37.1 Å². The zero-order chi connectivity index (χ0) is 16.3. The van der Waals surface area contributed by atoms with Gasteiger partial charge in [0.2, 0.25) is 5.91 Å². The van der Waals surface area contributed by atoms with Gasteiger partial charge in [-0.05, 0) is 32.0 Å². The van der Waals surface area contributed by atoms with Crippen LogP contribution in [0.4, 0.5) is 0 Å². The van der Waals surface area contributed by atoms with Gasteiger partial charge in [-0.15, -0.1) is 36.2 Å². The number of carbonyl (C=O) groups is 1. The Bertz CT molecular complexity index is 686. The zero-order valence-electron chi connectivity index (χ0n) is 13.1. The van der Waals surface area contributed by atoms with Crippen molar-refractivity contribution in [2.75, 3.05) is 6.54 Å². The van der Waals surface area contributed by atoms with E-state index in [0.717, 1.165) is 10.6 Å². The number of benzene rings is 1. The lowest BCUT2D eigenvalue weighted by atomic mass is 10.1. The number of carbonyl (C=O) groups excluding carboxylic acids is 1. The normalized spacial score (nSPS) is 10.5. The number of nitrogens with one attached hydrogen (secondary N) is 1. The maximum Gasteiger partial charge on any atom is 0.226 e. The molecule has 1 aromatic heterocycles. The molecule has 0 atom stereocenters. The van der Waals surface area contributed by atoms with Crippen LogP contribution in [0.1, 0.15) is 19.5 Å². The van der Waals surface area contributed by atoms with Crippen LogP contribution < -0.4 is 11.1 Å². The van der Waals surface area contributed by atoms with Crippen molar-refractivity contribution in [3.63, 3.8) is 0 Å². The van der Waals surface area contributed by atoms with Crippen molar-refractivity contribution in [1.29, 1.82) is 0 Å². The molecule has 1 amide bonds. The minimum absolute atomic E-state index is 0. The van der Waals surface area contributed by atoms with Crippen molar-refractivity contribution in [2.24, 2.45) is 5.73 Å². The molecule has 0 aliphatic rings. The second kappa shape index (κ2) is 9.80. The Hall–Kier alpha value is -0.560. The Morgan fingerprint density at radius 2 is 2.00 bits per heavy atom. The number of nitrogens with zero attached hydrogens (tertiary/aromatic N) is 1. The molecular formula is C15H19Cl4N3OS. The molecule has 0 aliphatic heterocycles. The third-order valence-electron chi connectivity index (χ3n) is 2.80. The number of rotatable bonds is 5. The lowest BCUT2D eigenvalue weighted by Gasteiger charge is -2.18. The number of nitrogens with two attached hydrogens (primary N) is 1. The van der Waals surface area contributed by atoms with Crippen molar-refractivity contribution in [3.8, 4) is 10.6 Å². The topological polar surface area (TPSA) is 68.0 Å². The van der Waals surface area contributed by atoms with E-state index in [1.807, 2.05) is 25.3 Å². The van der Waals surface area contributed by atoms with Gasteiger partial charge in [-0.2, -0.15) is 0 Å². The maximum absolute atomic E-state index is 11.9. The fraction of sp³-hybridized carbons (Fsp3) is 0.333. The molecule has 0 aliphatic carbocycles.